The molecule has 1 amide bonds. The molecular formula is C14H19F3N4O3. The molecule has 0 radical (unpaired) electrons. The molecule has 3 heterocycles. The molecule has 0 aliphatic carbocycles. The summed E-state index contributed by atoms with van der Waals surface area (Å²) in [7, 11) is 0. The number of nitrogens with one attached hydrogen (secondary N) is 1. The normalized spacial score (nSPS) is 17.5. The fourth-order valence-corrected chi connectivity index (χ4v) is 2.55. The fourth-order valence-electron chi connectivity index (χ4n) is 2.55. The van der Waals surface area contributed by atoms with Crippen LogP contribution in [0.3, 0.4) is 0 Å². The topological polar surface area (TPSA) is 87.5 Å². The summed E-state index contributed by atoms with van der Waals surface area (Å²) in [4.78, 5) is 23.0. The van der Waals surface area contributed by atoms with E-state index in [-0.39, 0.29) is 5.91 Å². The minimum atomic E-state index is -5.08. The van der Waals surface area contributed by atoms with Crippen LogP contribution in [0.2, 0.25) is 0 Å². The van der Waals surface area contributed by atoms with Crippen LogP contribution < -0.4 is 5.32 Å². The van der Waals surface area contributed by atoms with E-state index < -0.39 is 12.1 Å². The first-order valence-corrected chi connectivity index (χ1v) is 7.66. The lowest BCUT2D eigenvalue weighted by atomic mass is 10.1. The zero-order chi connectivity index (χ0) is 17.7. The molecule has 0 bridgehead atoms. The average Bonchev–Trinajstić information content (AvgIpc) is 2.98. The van der Waals surface area contributed by atoms with Gasteiger partial charge in [0.1, 0.15) is 0 Å². The summed E-state index contributed by atoms with van der Waals surface area (Å²) >= 11 is 0. The molecule has 3 rings (SSSR count). The van der Waals surface area contributed by atoms with Crippen molar-refractivity contribution in [1.82, 2.24) is 20.0 Å². The van der Waals surface area contributed by atoms with Gasteiger partial charge in [0.15, 0.2) is 5.69 Å². The van der Waals surface area contributed by atoms with Crippen LogP contribution >= 0.6 is 0 Å². The van der Waals surface area contributed by atoms with Crippen LogP contribution in [0, 0.1) is 0 Å². The van der Waals surface area contributed by atoms with Crippen LogP contribution in [0.15, 0.2) is 6.07 Å². The van der Waals surface area contributed by atoms with Crippen molar-refractivity contribution in [2.45, 2.75) is 32.0 Å². The number of carboxylic acids is 1. The van der Waals surface area contributed by atoms with Crippen LogP contribution in [0.1, 0.15) is 29.0 Å². The quantitative estimate of drug-likeness (QED) is 0.787. The van der Waals surface area contributed by atoms with Crippen molar-refractivity contribution in [3.63, 3.8) is 0 Å². The smallest absolute Gasteiger partial charge is 0.475 e. The van der Waals surface area contributed by atoms with Crippen LogP contribution in [0.5, 0.6) is 0 Å². The summed E-state index contributed by atoms with van der Waals surface area (Å²) in [6.45, 7) is 4.32. The number of carbonyl (C=O) groups is 2. The third-order valence-corrected chi connectivity index (χ3v) is 3.78. The third kappa shape index (κ3) is 4.70. The second-order valence-electron chi connectivity index (χ2n) is 5.55. The maximum atomic E-state index is 12.2. The summed E-state index contributed by atoms with van der Waals surface area (Å²) in [6, 6.07) is 1.98. The third-order valence-electron chi connectivity index (χ3n) is 3.78. The minimum absolute atomic E-state index is 0.0911. The van der Waals surface area contributed by atoms with Gasteiger partial charge in [0.2, 0.25) is 0 Å². The number of hydrogen-bond donors (Lipinski definition) is 2. The molecular weight excluding hydrogens is 329 g/mol. The van der Waals surface area contributed by atoms with E-state index >= 15 is 0 Å². The Hall–Kier alpha value is -2.10. The zero-order valence-corrected chi connectivity index (χ0v) is 13.0. The maximum Gasteiger partial charge on any atom is 0.490 e. The van der Waals surface area contributed by atoms with Crippen molar-refractivity contribution in [3.8, 4) is 0 Å². The van der Waals surface area contributed by atoms with Crippen LogP contribution in [-0.2, 0) is 17.8 Å². The molecule has 2 aliphatic heterocycles. The van der Waals surface area contributed by atoms with Crippen molar-refractivity contribution in [1.29, 1.82) is 0 Å². The number of hydrogen-bond acceptors (Lipinski definition) is 4. The lowest BCUT2D eigenvalue weighted by Crippen LogP contribution is -2.46. The number of halogens is 3. The first-order valence-electron chi connectivity index (χ1n) is 7.66. The Morgan fingerprint density at radius 3 is 2.33 bits per heavy atom. The second kappa shape index (κ2) is 7.65. The molecule has 1 aromatic rings. The lowest BCUT2D eigenvalue weighted by Gasteiger charge is -2.26. The summed E-state index contributed by atoms with van der Waals surface area (Å²) in [6.07, 6.45) is -1.63. The Balaban J connectivity index is 0.000000256. The summed E-state index contributed by atoms with van der Waals surface area (Å²) in [5.41, 5.74) is 1.85. The molecule has 134 valence electrons. The van der Waals surface area contributed by atoms with Crippen LogP contribution in [0.25, 0.3) is 0 Å². The number of fused-ring (bicyclic) bond motifs is 1. The first kappa shape index (κ1) is 18.2. The molecule has 24 heavy (non-hydrogen) atoms. The predicted molar refractivity (Wildman–Crippen MR) is 77.6 cm³/mol. The molecule has 10 heteroatoms. The Morgan fingerprint density at radius 1 is 1.17 bits per heavy atom. The van der Waals surface area contributed by atoms with Gasteiger partial charge in [-0.1, -0.05) is 0 Å². The molecule has 0 saturated carbocycles. The van der Waals surface area contributed by atoms with Gasteiger partial charge in [-0.3, -0.25) is 9.48 Å². The van der Waals surface area contributed by atoms with Gasteiger partial charge < -0.3 is 15.3 Å². The van der Waals surface area contributed by atoms with Gasteiger partial charge in [-0.05, 0) is 25.3 Å². The van der Waals surface area contributed by atoms with Gasteiger partial charge in [-0.25, -0.2) is 4.79 Å². The number of aromatic nitrogens is 2. The zero-order valence-electron chi connectivity index (χ0n) is 13.0. The summed E-state index contributed by atoms with van der Waals surface area (Å²) in [5, 5.41) is 14.8. The number of aliphatic carboxylic acids is 1. The van der Waals surface area contributed by atoms with Crippen molar-refractivity contribution in [2.75, 3.05) is 26.2 Å². The molecule has 0 aromatic carbocycles. The van der Waals surface area contributed by atoms with E-state index in [9.17, 15) is 18.0 Å². The van der Waals surface area contributed by atoms with Crippen LogP contribution in [0.4, 0.5) is 13.2 Å². The number of amides is 1. The number of rotatable bonds is 1. The van der Waals surface area contributed by atoms with Crippen molar-refractivity contribution in [2.24, 2.45) is 0 Å². The Morgan fingerprint density at radius 2 is 1.79 bits per heavy atom. The first-order chi connectivity index (χ1) is 11.3. The predicted octanol–water partition coefficient (Wildman–Crippen LogP) is 0.898. The van der Waals surface area contributed by atoms with E-state index in [1.807, 2.05) is 15.6 Å². The SMILES string of the molecule is O=C(O)C(F)(F)F.O=C(c1cc2n(n1)CCCC2)N1CCNCC1. The van der Waals surface area contributed by atoms with E-state index in [0.717, 1.165) is 39.1 Å². The second-order valence-corrected chi connectivity index (χ2v) is 5.55. The minimum Gasteiger partial charge on any atom is -0.475 e. The molecule has 0 unspecified atom stereocenters. The Bertz CT molecular complexity index is 571. The summed E-state index contributed by atoms with van der Waals surface area (Å²) in [5.74, 6) is -2.67. The fraction of sp³-hybridized carbons (Fsp3) is 0.643. The van der Waals surface area contributed by atoms with Gasteiger partial charge in [0.05, 0.1) is 0 Å². The lowest BCUT2D eigenvalue weighted by molar-refractivity contribution is -0.192. The molecule has 7 nitrogen and oxygen atoms in total. The Kier molecular flexibility index (Phi) is 5.81. The highest BCUT2D eigenvalue weighted by Crippen LogP contribution is 2.16. The summed E-state index contributed by atoms with van der Waals surface area (Å²) < 4.78 is 33.7. The van der Waals surface area contributed by atoms with Gasteiger partial charge >= 0.3 is 12.1 Å². The molecule has 2 aliphatic rings. The molecule has 1 fully saturated rings. The van der Waals surface area contributed by atoms with Gasteiger partial charge in [0, 0.05) is 38.4 Å². The number of carbonyl (C=O) groups excluding carboxylic acids is 1. The molecule has 1 aromatic heterocycles. The van der Waals surface area contributed by atoms with E-state index in [4.69, 9.17) is 9.90 Å². The highest BCUT2D eigenvalue weighted by molar-refractivity contribution is 5.92. The van der Waals surface area contributed by atoms with Crippen molar-refractivity contribution >= 4 is 11.9 Å². The number of piperazine rings is 1. The van der Waals surface area contributed by atoms with E-state index in [0.29, 0.717) is 5.69 Å². The molecule has 0 spiro atoms. The van der Waals surface area contributed by atoms with Gasteiger partial charge in [-0.15, -0.1) is 0 Å². The number of carboxylic acid groups (broad SMARTS) is 1. The maximum absolute atomic E-state index is 12.2. The van der Waals surface area contributed by atoms with E-state index in [2.05, 4.69) is 10.4 Å². The standard InChI is InChI=1S/C12H18N4O.C2HF3O2/c17-12(15-7-4-13-5-8-15)11-9-10-3-1-2-6-16(10)14-11;3-2(4,5)1(6)7/h9,13H,1-8H2;(H,6,7). The van der Waals surface area contributed by atoms with Crippen molar-refractivity contribution < 1.29 is 27.9 Å². The highest BCUT2D eigenvalue weighted by atomic mass is 19.4. The Labute approximate surface area is 136 Å². The molecule has 2 N–H and O–H groups in total. The van der Waals surface area contributed by atoms with Crippen molar-refractivity contribution in [3.05, 3.63) is 17.5 Å². The average molecular weight is 348 g/mol. The van der Waals surface area contributed by atoms with Gasteiger partial charge in [0.25, 0.3) is 5.91 Å². The van der Waals surface area contributed by atoms with E-state index in [1.54, 1.807) is 0 Å². The van der Waals surface area contributed by atoms with Gasteiger partial charge in [-0.2, -0.15) is 18.3 Å². The molecule has 0 atom stereocenters. The number of aryl methyl sites for hydroxylation is 2. The number of nitrogens with zero attached hydrogens (tertiary/aromatic N) is 3. The van der Waals surface area contributed by atoms with E-state index in [1.165, 1.54) is 18.5 Å². The largest absolute Gasteiger partial charge is 0.490 e. The number of alkyl halides is 3. The molecule has 1 saturated heterocycles. The monoisotopic (exact) mass is 348 g/mol. The highest BCUT2D eigenvalue weighted by Gasteiger charge is 2.38. The van der Waals surface area contributed by atoms with Crippen LogP contribution in [-0.4, -0.2) is 64.0 Å².